The van der Waals surface area contributed by atoms with E-state index in [0.29, 0.717) is 6.04 Å². The lowest BCUT2D eigenvalue weighted by Gasteiger charge is -2.29. The third-order valence-electron chi connectivity index (χ3n) is 4.41. The van der Waals surface area contributed by atoms with Crippen LogP contribution in [0.15, 0.2) is 36.7 Å². The number of hydrogen-bond donors (Lipinski definition) is 1. The van der Waals surface area contributed by atoms with Gasteiger partial charge in [0.05, 0.1) is 6.54 Å². The molecule has 112 valence electrons. The van der Waals surface area contributed by atoms with Gasteiger partial charge in [-0.3, -0.25) is 4.90 Å². The zero-order chi connectivity index (χ0) is 14.7. The average molecular weight is 285 g/mol. The topological polar surface area (TPSA) is 41.3 Å². The summed E-state index contributed by atoms with van der Waals surface area (Å²) in [5.74, 6) is 1.08. The van der Waals surface area contributed by atoms with Gasteiger partial charge < -0.3 is 9.67 Å². The Balaban J connectivity index is 1.81. The standard InChI is InChI=1S/C17H23N3O/c1-19-11-9-18-17(19)13-20(10-4-12-21)16-8-7-14-5-2-3-6-15(14)16/h2-3,5-6,9,11,16,21H,4,7-8,10,12-13H2,1H3. The van der Waals surface area contributed by atoms with Crippen molar-refractivity contribution in [2.24, 2.45) is 7.05 Å². The molecule has 0 amide bonds. The van der Waals surface area contributed by atoms with Crippen molar-refractivity contribution in [2.45, 2.75) is 31.8 Å². The van der Waals surface area contributed by atoms with Crippen molar-refractivity contribution in [1.29, 1.82) is 0 Å². The Labute approximate surface area is 126 Å². The lowest BCUT2D eigenvalue weighted by atomic mass is 10.1. The van der Waals surface area contributed by atoms with Gasteiger partial charge in [-0.25, -0.2) is 4.98 Å². The fraction of sp³-hybridized carbons (Fsp3) is 0.471. The van der Waals surface area contributed by atoms with E-state index >= 15 is 0 Å². The van der Waals surface area contributed by atoms with Crippen LogP contribution in [0.4, 0.5) is 0 Å². The van der Waals surface area contributed by atoms with E-state index in [1.54, 1.807) is 0 Å². The molecule has 1 heterocycles. The van der Waals surface area contributed by atoms with Gasteiger partial charge in [-0.1, -0.05) is 24.3 Å². The Morgan fingerprint density at radius 1 is 1.38 bits per heavy atom. The number of imidazole rings is 1. The minimum atomic E-state index is 0.242. The first kappa shape index (κ1) is 14.3. The van der Waals surface area contributed by atoms with Crippen molar-refractivity contribution in [3.63, 3.8) is 0 Å². The van der Waals surface area contributed by atoms with Crippen LogP contribution in [-0.2, 0) is 20.0 Å². The summed E-state index contributed by atoms with van der Waals surface area (Å²) >= 11 is 0. The first-order valence-corrected chi connectivity index (χ1v) is 7.68. The molecule has 1 aliphatic rings. The van der Waals surface area contributed by atoms with Gasteiger partial charge in [-0.15, -0.1) is 0 Å². The molecule has 0 saturated carbocycles. The van der Waals surface area contributed by atoms with Crippen LogP contribution in [0, 0.1) is 0 Å². The van der Waals surface area contributed by atoms with E-state index < -0.39 is 0 Å². The van der Waals surface area contributed by atoms with E-state index in [1.807, 2.05) is 19.4 Å². The van der Waals surface area contributed by atoms with Crippen molar-refractivity contribution < 1.29 is 5.11 Å². The van der Waals surface area contributed by atoms with E-state index in [9.17, 15) is 5.11 Å². The lowest BCUT2D eigenvalue weighted by Crippen LogP contribution is -2.30. The minimum Gasteiger partial charge on any atom is -0.396 e. The summed E-state index contributed by atoms with van der Waals surface area (Å²) in [7, 11) is 2.04. The molecule has 1 atom stereocenters. The second kappa shape index (κ2) is 6.41. The Kier molecular flexibility index (Phi) is 4.36. The van der Waals surface area contributed by atoms with Crippen LogP contribution < -0.4 is 0 Å². The van der Waals surface area contributed by atoms with Gasteiger partial charge in [0, 0.05) is 38.6 Å². The molecule has 1 unspecified atom stereocenters. The van der Waals surface area contributed by atoms with E-state index in [-0.39, 0.29) is 6.61 Å². The molecule has 0 saturated heterocycles. The maximum absolute atomic E-state index is 9.19. The molecular formula is C17H23N3O. The largest absolute Gasteiger partial charge is 0.396 e. The second-order valence-electron chi connectivity index (χ2n) is 5.76. The summed E-state index contributed by atoms with van der Waals surface area (Å²) in [6, 6.07) is 9.18. The maximum Gasteiger partial charge on any atom is 0.122 e. The van der Waals surface area contributed by atoms with Crippen LogP contribution in [-0.4, -0.2) is 32.7 Å². The molecule has 1 aromatic carbocycles. The van der Waals surface area contributed by atoms with Crippen LogP contribution >= 0.6 is 0 Å². The third-order valence-corrected chi connectivity index (χ3v) is 4.41. The molecule has 0 spiro atoms. The summed E-state index contributed by atoms with van der Waals surface area (Å²) in [5.41, 5.74) is 2.92. The van der Waals surface area contributed by atoms with Gasteiger partial charge in [0.25, 0.3) is 0 Å². The molecule has 1 N–H and O–H groups in total. The summed E-state index contributed by atoms with van der Waals surface area (Å²) in [6.07, 6.45) is 6.96. The van der Waals surface area contributed by atoms with Crippen LogP contribution in [0.5, 0.6) is 0 Å². The molecular weight excluding hydrogens is 262 g/mol. The van der Waals surface area contributed by atoms with Crippen molar-refractivity contribution in [1.82, 2.24) is 14.5 Å². The van der Waals surface area contributed by atoms with Gasteiger partial charge in [0.1, 0.15) is 5.82 Å². The molecule has 3 rings (SSSR count). The number of fused-ring (bicyclic) bond motifs is 1. The molecule has 0 fully saturated rings. The highest BCUT2D eigenvalue weighted by Crippen LogP contribution is 2.36. The third kappa shape index (κ3) is 3.01. The lowest BCUT2D eigenvalue weighted by molar-refractivity contribution is 0.161. The Morgan fingerprint density at radius 2 is 2.24 bits per heavy atom. The van der Waals surface area contributed by atoms with Gasteiger partial charge in [-0.05, 0) is 30.4 Å². The van der Waals surface area contributed by atoms with Gasteiger partial charge >= 0.3 is 0 Å². The van der Waals surface area contributed by atoms with Gasteiger partial charge in [-0.2, -0.15) is 0 Å². The monoisotopic (exact) mass is 285 g/mol. The zero-order valence-corrected chi connectivity index (χ0v) is 12.6. The van der Waals surface area contributed by atoms with Crippen LogP contribution in [0.25, 0.3) is 0 Å². The Bertz CT molecular complexity index is 593. The molecule has 1 aromatic heterocycles. The molecule has 21 heavy (non-hydrogen) atoms. The number of rotatable bonds is 6. The first-order chi connectivity index (χ1) is 10.3. The quantitative estimate of drug-likeness (QED) is 0.885. The highest BCUT2D eigenvalue weighted by atomic mass is 16.3. The molecule has 1 aliphatic carbocycles. The van der Waals surface area contributed by atoms with Crippen LogP contribution in [0.3, 0.4) is 0 Å². The number of aliphatic hydroxyl groups is 1. The number of benzene rings is 1. The summed E-state index contributed by atoms with van der Waals surface area (Å²) in [4.78, 5) is 6.91. The first-order valence-electron chi connectivity index (χ1n) is 7.68. The maximum atomic E-state index is 9.19. The number of aryl methyl sites for hydroxylation is 2. The fourth-order valence-electron chi connectivity index (χ4n) is 3.26. The van der Waals surface area contributed by atoms with E-state index in [4.69, 9.17) is 0 Å². The van der Waals surface area contributed by atoms with Gasteiger partial charge in [0.2, 0.25) is 0 Å². The van der Waals surface area contributed by atoms with Crippen molar-refractivity contribution in [3.8, 4) is 0 Å². The van der Waals surface area contributed by atoms with Crippen molar-refractivity contribution >= 4 is 0 Å². The molecule has 0 aliphatic heterocycles. The molecule has 0 bridgehead atoms. The zero-order valence-electron chi connectivity index (χ0n) is 12.6. The van der Waals surface area contributed by atoms with E-state index in [1.165, 1.54) is 11.1 Å². The number of nitrogens with zero attached hydrogens (tertiary/aromatic N) is 3. The SMILES string of the molecule is Cn1ccnc1CN(CCCO)C1CCc2ccccc21. The van der Waals surface area contributed by atoms with E-state index in [2.05, 4.69) is 38.7 Å². The number of aromatic nitrogens is 2. The Morgan fingerprint density at radius 3 is 3.00 bits per heavy atom. The molecule has 4 nitrogen and oxygen atoms in total. The predicted octanol–water partition coefficient (Wildman–Crippen LogP) is 2.29. The molecule has 0 radical (unpaired) electrons. The van der Waals surface area contributed by atoms with Crippen LogP contribution in [0.1, 0.15) is 35.8 Å². The number of hydrogen-bond acceptors (Lipinski definition) is 3. The van der Waals surface area contributed by atoms with Crippen LogP contribution in [0.2, 0.25) is 0 Å². The number of aliphatic hydroxyl groups excluding tert-OH is 1. The van der Waals surface area contributed by atoms with E-state index in [0.717, 1.165) is 38.2 Å². The fourth-order valence-corrected chi connectivity index (χ4v) is 3.26. The summed E-state index contributed by atoms with van der Waals surface area (Å²) in [5, 5.41) is 9.19. The normalized spacial score (nSPS) is 17.4. The smallest absolute Gasteiger partial charge is 0.122 e. The summed E-state index contributed by atoms with van der Waals surface area (Å²) < 4.78 is 2.08. The highest BCUT2D eigenvalue weighted by molar-refractivity contribution is 5.34. The molecule has 4 heteroatoms. The predicted molar refractivity (Wildman–Crippen MR) is 82.8 cm³/mol. The second-order valence-corrected chi connectivity index (χ2v) is 5.76. The Hall–Kier alpha value is -1.65. The van der Waals surface area contributed by atoms with Gasteiger partial charge in [0.15, 0.2) is 0 Å². The minimum absolute atomic E-state index is 0.242. The van der Waals surface area contributed by atoms with Crippen molar-refractivity contribution in [3.05, 3.63) is 53.6 Å². The molecule has 2 aromatic rings. The average Bonchev–Trinajstić information content (AvgIpc) is 3.10. The van der Waals surface area contributed by atoms with Crippen molar-refractivity contribution in [2.75, 3.05) is 13.2 Å². The summed E-state index contributed by atoms with van der Waals surface area (Å²) in [6.45, 7) is 1.98. The highest BCUT2D eigenvalue weighted by Gasteiger charge is 2.27.